The second-order valence-electron chi connectivity index (χ2n) is 6.35. The predicted molar refractivity (Wildman–Crippen MR) is 101 cm³/mol. The van der Waals surface area contributed by atoms with Crippen LogP contribution in [-0.2, 0) is 10.1 Å². The van der Waals surface area contributed by atoms with Gasteiger partial charge in [-0.15, -0.1) is 0 Å². The third kappa shape index (κ3) is 4.93. The minimum absolute atomic E-state index is 0.0260. The number of halogens is 1. The van der Waals surface area contributed by atoms with Crippen molar-refractivity contribution in [3.63, 3.8) is 0 Å². The molecule has 1 aliphatic carbocycles. The molecule has 0 spiro atoms. The fraction of sp³-hybridized carbons (Fsp3) is 0.353. The molecule has 0 amide bonds. The standard InChI is InChI=1S/C9H12O3S.C8H10BrN3/c1-6-4-7(2)9(8(3)5-6)13(10,11)12;9-7-3-6(5-1-2-5)4-12(11)8(7)10/h4-5H,1-3H3,(H,10,11,12);3-5,10H,1-2,11H2. The van der Waals surface area contributed by atoms with Gasteiger partial charge in [-0.25, -0.2) is 0 Å². The number of benzene rings is 1. The van der Waals surface area contributed by atoms with Crippen molar-refractivity contribution < 1.29 is 13.0 Å². The fourth-order valence-corrected chi connectivity index (χ4v) is 4.21. The molecule has 3 rings (SSSR count). The Morgan fingerprint density at radius 1 is 1.20 bits per heavy atom. The first-order valence-corrected chi connectivity index (χ1v) is 10.0. The molecule has 1 aromatic heterocycles. The number of rotatable bonds is 2. The SMILES string of the molecule is Cc1cc(C)c(S(=O)(=O)O)c(C)c1.N=c1c(Br)cc(C2CC2)cn1N. The molecule has 1 heterocycles. The molecule has 1 saturated carbocycles. The molecule has 0 bridgehead atoms. The minimum Gasteiger partial charge on any atom is -0.338 e. The monoisotopic (exact) mass is 427 g/mol. The molecule has 25 heavy (non-hydrogen) atoms. The van der Waals surface area contributed by atoms with Gasteiger partial charge >= 0.3 is 0 Å². The van der Waals surface area contributed by atoms with Gasteiger partial charge in [-0.05, 0) is 78.2 Å². The molecular weight excluding hydrogens is 406 g/mol. The number of hydrogen-bond donors (Lipinski definition) is 3. The van der Waals surface area contributed by atoms with Gasteiger partial charge in [0.1, 0.15) is 0 Å². The lowest BCUT2D eigenvalue weighted by Gasteiger charge is -2.07. The van der Waals surface area contributed by atoms with Crippen LogP contribution in [0.5, 0.6) is 0 Å². The van der Waals surface area contributed by atoms with Crippen molar-refractivity contribution in [2.45, 2.75) is 44.4 Å². The summed E-state index contributed by atoms with van der Waals surface area (Å²) in [6.07, 6.45) is 4.35. The van der Waals surface area contributed by atoms with Crippen molar-refractivity contribution >= 4 is 26.0 Å². The van der Waals surface area contributed by atoms with E-state index in [1.54, 1.807) is 26.0 Å². The van der Waals surface area contributed by atoms with Crippen LogP contribution in [0.1, 0.15) is 41.0 Å². The molecule has 0 aliphatic heterocycles. The molecule has 0 unspecified atom stereocenters. The quantitative estimate of drug-likeness (QED) is 0.504. The molecule has 0 radical (unpaired) electrons. The first-order valence-electron chi connectivity index (χ1n) is 7.77. The van der Waals surface area contributed by atoms with Crippen LogP contribution in [0.3, 0.4) is 0 Å². The average molecular weight is 428 g/mol. The molecule has 6 nitrogen and oxygen atoms in total. The van der Waals surface area contributed by atoms with Gasteiger partial charge in [0.25, 0.3) is 10.1 Å². The highest BCUT2D eigenvalue weighted by Crippen LogP contribution is 2.39. The Kier molecular flexibility index (Phi) is 5.75. The van der Waals surface area contributed by atoms with E-state index < -0.39 is 10.1 Å². The molecule has 0 saturated heterocycles. The summed E-state index contributed by atoms with van der Waals surface area (Å²) in [7, 11) is -4.08. The largest absolute Gasteiger partial charge is 0.338 e. The lowest BCUT2D eigenvalue weighted by atomic mass is 10.1. The maximum absolute atomic E-state index is 10.9. The number of nitrogens with zero attached hydrogens (tertiary/aromatic N) is 1. The van der Waals surface area contributed by atoms with Gasteiger partial charge in [0.05, 0.1) is 9.37 Å². The average Bonchev–Trinajstić information content (AvgIpc) is 3.26. The number of nitrogens with two attached hydrogens (primary N) is 1. The third-order valence-corrected chi connectivity index (χ3v) is 5.74. The Balaban J connectivity index is 0.000000181. The van der Waals surface area contributed by atoms with E-state index in [4.69, 9.17) is 15.8 Å². The summed E-state index contributed by atoms with van der Waals surface area (Å²) in [5, 5.41) is 7.49. The zero-order valence-corrected chi connectivity index (χ0v) is 16.8. The molecule has 0 atom stereocenters. The van der Waals surface area contributed by atoms with E-state index in [0.717, 1.165) is 10.0 Å². The molecule has 4 N–H and O–H groups in total. The number of nitrogen functional groups attached to an aromatic ring is 1. The van der Waals surface area contributed by atoms with Crippen LogP contribution in [0.2, 0.25) is 0 Å². The summed E-state index contributed by atoms with van der Waals surface area (Å²) >= 11 is 3.30. The van der Waals surface area contributed by atoms with Crippen LogP contribution >= 0.6 is 15.9 Å². The Hall–Kier alpha value is -1.64. The van der Waals surface area contributed by atoms with Crippen molar-refractivity contribution in [2.75, 3.05) is 5.84 Å². The minimum atomic E-state index is -4.08. The van der Waals surface area contributed by atoms with Crippen LogP contribution in [0.15, 0.2) is 33.8 Å². The lowest BCUT2D eigenvalue weighted by molar-refractivity contribution is 0.482. The van der Waals surface area contributed by atoms with E-state index in [9.17, 15) is 8.42 Å². The van der Waals surface area contributed by atoms with E-state index in [1.165, 1.54) is 23.1 Å². The van der Waals surface area contributed by atoms with Crippen LogP contribution in [0.4, 0.5) is 0 Å². The van der Waals surface area contributed by atoms with E-state index in [1.807, 2.05) is 19.2 Å². The van der Waals surface area contributed by atoms with Gasteiger partial charge in [-0.2, -0.15) is 8.42 Å². The lowest BCUT2D eigenvalue weighted by Crippen LogP contribution is -2.27. The second kappa shape index (κ2) is 7.31. The first kappa shape index (κ1) is 19.7. The smallest absolute Gasteiger partial charge is 0.295 e. The highest BCUT2D eigenvalue weighted by molar-refractivity contribution is 9.10. The van der Waals surface area contributed by atoms with E-state index in [0.29, 0.717) is 22.5 Å². The van der Waals surface area contributed by atoms with E-state index >= 15 is 0 Å². The van der Waals surface area contributed by atoms with E-state index in [2.05, 4.69) is 15.9 Å². The first-order chi connectivity index (χ1) is 11.5. The van der Waals surface area contributed by atoms with Crippen molar-refractivity contribution in [3.05, 3.63) is 56.6 Å². The highest BCUT2D eigenvalue weighted by Gasteiger charge is 2.24. The fourth-order valence-electron chi connectivity index (χ4n) is 2.81. The summed E-state index contributed by atoms with van der Waals surface area (Å²) in [6, 6.07) is 5.45. The van der Waals surface area contributed by atoms with Crippen molar-refractivity contribution in [2.24, 2.45) is 0 Å². The summed E-state index contributed by atoms with van der Waals surface area (Å²) in [6.45, 7) is 5.22. The topological polar surface area (TPSA) is 109 Å². The van der Waals surface area contributed by atoms with Gasteiger partial charge in [0, 0.05) is 6.20 Å². The molecule has 1 aliphatic rings. The molecule has 136 valence electrons. The van der Waals surface area contributed by atoms with Crippen molar-refractivity contribution in [1.82, 2.24) is 4.68 Å². The highest BCUT2D eigenvalue weighted by atomic mass is 79.9. The van der Waals surface area contributed by atoms with Gasteiger partial charge in [0.2, 0.25) is 0 Å². The van der Waals surface area contributed by atoms with Gasteiger partial charge < -0.3 is 5.84 Å². The summed E-state index contributed by atoms with van der Waals surface area (Å²) in [5.41, 5.74) is 3.71. The van der Waals surface area contributed by atoms with Crippen LogP contribution < -0.4 is 11.3 Å². The maximum atomic E-state index is 10.9. The number of pyridine rings is 1. The predicted octanol–water partition coefficient (Wildman–Crippen LogP) is 3.18. The normalized spacial score (nSPS) is 14.0. The third-order valence-electron chi connectivity index (χ3n) is 3.98. The van der Waals surface area contributed by atoms with Crippen molar-refractivity contribution in [1.29, 1.82) is 5.41 Å². The number of nitrogens with one attached hydrogen (secondary N) is 1. The zero-order valence-electron chi connectivity index (χ0n) is 14.4. The molecule has 1 aromatic carbocycles. The number of aryl methyl sites for hydroxylation is 3. The molecule has 2 aromatic rings. The van der Waals surface area contributed by atoms with Crippen LogP contribution in [0.25, 0.3) is 0 Å². The van der Waals surface area contributed by atoms with E-state index in [-0.39, 0.29) is 4.90 Å². The second-order valence-corrected chi connectivity index (χ2v) is 8.57. The number of hydrogen-bond acceptors (Lipinski definition) is 4. The molecular formula is C17H22BrN3O3S. The summed E-state index contributed by atoms with van der Waals surface area (Å²) in [4.78, 5) is 0.0260. The number of aromatic nitrogens is 1. The summed E-state index contributed by atoms with van der Waals surface area (Å²) in [5.74, 6) is 6.26. The Morgan fingerprint density at radius 2 is 1.72 bits per heavy atom. The van der Waals surface area contributed by atoms with Crippen LogP contribution in [0, 0.1) is 26.2 Å². The van der Waals surface area contributed by atoms with Gasteiger partial charge in [-0.3, -0.25) is 14.6 Å². The Bertz CT molecular complexity index is 914. The van der Waals surface area contributed by atoms with Gasteiger partial charge in [0.15, 0.2) is 5.49 Å². The molecule has 8 heteroatoms. The van der Waals surface area contributed by atoms with Gasteiger partial charge in [-0.1, -0.05) is 17.7 Å². The summed E-state index contributed by atoms with van der Waals surface area (Å²) < 4.78 is 32.9. The zero-order chi connectivity index (χ0) is 18.9. The Morgan fingerprint density at radius 3 is 2.12 bits per heavy atom. The Labute approximate surface area is 156 Å². The molecule has 1 fully saturated rings. The maximum Gasteiger partial charge on any atom is 0.295 e. The van der Waals surface area contributed by atoms with Crippen molar-refractivity contribution in [3.8, 4) is 0 Å². The van der Waals surface area contributed by atoms with Crippen LogP contribution in [-0.4, -0.2) is 17.6 Å².